The summed E-state index contributed by atoms with van der Waals surface area (Å²) in [6.45, 7) is 0. The number of hydrogen-bond acceptors (Lipinski definition) is 3. The summed E-state index contributed by atoms with van der Waals surface area (Å²) in [7, 11) is 0. The van der Waals surface area contributed by atoms with E-state index in [9.17, 15) is 4.79 Å². The summed E-state index contributed by atoms with van der Waals surface area (Å²) >= 11 is 4.94. The molecule has 0 unspecified atom stereocenters. The third-order valence-corrected chi connectivity index (χ3v) is 3.85. The Morgan fingerprint density at radius 1 is 1.24 bits per heavy atom. The van der Waals surface area contributed by atoms with Crippen LogP contribution in [-0.4, -0.2) is 0 Å². The minimum atomic E-state index is -0.303. The SMILES string of the molecule is O=c1oc2c(Br)cccc2cc1-c1ccsc1. The molecule has 0 aliphatic carbocycles. The van der Waals surface area contributed by atoms with Crippen LogP contribution in [0.2, 0.25) is 0 Å². The van der Waals surface area contributed by atoms with Crippen LogP contribution < -0.4 is 5.63 Å². The molecule has 0 saturated carbocycles. The first-order valence-electron chi connectivity index (χ1n) is 5.00. The van der Waals surface area contributed by atoms with Crippen LogP contribution in [0, 0.1) is 0 Å². The van der Waals surface area contributed by atoms with Crippen LogP contribution in [0.4, 0.5) is 0 Å². The van der Waals surface area contributed by atoms with Gasteiger partial charge < -0.3 is 4.42 Å². The van der Waals surface area contributed by atoms with Gasteiger partial charge in [-0.1, -0.05) is 12.1 Å². The van der Waals surface area contributed by atoms with Gasteiger partial charge in [-0.05, 0) is 50.5 Å². The maximum absolute atomic E-state index is 11.9. The van der Waals surface area contributed by atoms with E-state index in [0.717, 1.165) is 15.4 Å². The Morgan fingerprint density at radius 3 is 2.88 bits per heavy atom. The van der Waals surface area contributed by atoms with Gasteiger partial charge in [-0.3, -0.25) is 0 Å². The van der Waals surface area contributed by atoms with Crippen LogP contribution in [0.25, 0.3) is 22.1 Å². The van der Waals surface area contributed by atoms with Crippen LogP contribution in [-0.2, 0) is 0 Å². The summed E-state index contributed by atoms with van der Waals surface area (Å²) in [4.78, 5) is 11.9. The van der Waals surface area contributed by atoms with E-state index in [2.05, 4.69) is 15.9 Å². The fourth-order valence-electron chi connectivity index (χ4n) is 1.73. The smallest absolute Gasteiger partial charge is 0.344 e. The van der Waals surface area contributed by atoms with Gasteiger partial charge in [0, 0.05) is 5.39 Å². The van der Waals surface area contributed by atoms with Gasteiger partial charge in [0.2, 0.25) is 0 Å². The Balaban J connectivity index is 2.36. The third kappa shape index (κ3) is 1.83. The second-order valence-electron chi connectivity index (χ2n) is 3.62. The fraction of sp³-hybridized carbons (Fsp3) is 0. The van der Waals surface area contributed by atoms with E-state index in [4.69, 9.17) is 4.42 Å². The maximum Gasteiger partial charge on any atom is 0.344 e. The summed E-state index contributed by atoms with van der Waals surface area (Å²) in [5.41, 5.74) is 1.81. The second-order valence-corrected chi connectivity index (χ2v) is 5.25. The normalized spacial score (nSPS) is 10.9. The van der Waals surface area contributed by atoms with Crippen molar-refractivity contribution >= 4 is 38.2 Å². The molecule has 0 atom stereocenters. The Bertz CT molecular complexity index is 729. The summed E-state index contributed by atoms with van der Waals surface area (Å²) in [5, 5.41) is 4.80. The molecule has 0 aliphatic rings. The number of benzene rings is 1. The highest BCUT2D eigenvalue weighted by atomic mass is 79.9. The first kappa shape index (κ1) is 10.7. The Hall–Kier alpha value is -1.39. The van der Waals surface area contributed by atoms with Crippen LogP contribution in [0.15, 0.2) is 54.8 Å². The molecule has 2 heterocycles. The molecule has 0 aliphatic heterocycles. The summed E-state index contributed by atoms with van der Waals surface area (Å²) in [6.07, 6.45) is 0. The van der Waals surface area contributed by atoms with Crippen molar-refractivity contribution in [3.8, 4) is 11.1 Å². The predicted molar refractivity (Wildman–Crippen MR) is 73.5 cm³/mol. The van der Waals surface area contributed by atoms with Crippen molar-refractivity contribution < 1.29 is 4.42 Å². The minimum absolute atomic E-state index is 0.303. The third-order valence-electron chi connectivity index (χ3n) is 2.54. The molecule has 0 spiro atoms. The van der Waals surface area contributed by atoms with Crippen LogP contribution in [0.5, 0.6) is 0 Å². The summed E-state index contributed by atoms with van der Waals surface area (Å²) in [5.74, 6) is 0. The number of hydrogen-bond donors (Lipinski definition) is 0. The van der Waals surface area contributed by atoms with Gasteiger partial charge in [0.25, 0.3) is 0 Å². The van der Waals surface area contributed by atoms with E-state index in [1.807, 2.05) is 41.1 Å². The molecule has 17 heavy (non-hydrogen) atoms. The average Bonchev–Trinajstić information content (AvgIpc) is 2.83. The molecule has 2 aromatic heterocycles. The van der Waals surface area contributed by atoms with Crippen molar-refractivity contribution in [1.82, 2.24) is 0 Å². The number of para-hydroxylation sites is 1. The van der Waals surface area contributed by atoms with Gasteiger partial charge in [-0.25, -0.2) is 4.79 Å². The van der Waals surface area contributed by atoms with E-state index in [-0.39, 0.29) is 5.63 Å². The van der Waals surface area contributed by atoms with E-state index in [1.54, 1.807) is 11.3 Å². The largest absolute Gasteiger partial charge is 0.421 e. The number of halogens is 1. The topological polar surface area (TPSA) is 30.2 Å². The van der Waals surface area contributed by atoms with E-state index >= 15 is 0 Å². The number of thiophene rings is 1. The van der Waals surface area contributed by atoms with Crippen molar-refractivity contribution in [3.63, 3.8) is 0 Å². The Morgan fingerprint density at radius 2 is 2.12 bits per heavy atom. The van der Waals surface area contributed by atoms with Crippen molar-refractivity contribution in [2.45, 2.75) is 0 Å². The number of rotatable bonds is 1. The molecule has 0 amide bonds. The Labute approximate surface area is 110 Å². The summed E-state index contributed by atoms with van der Waals surface area (Å²) in [6, 6.07) is 9.49. The monoisotopic (exact) mass is 306 g/mol. The molecule has 3 aromatic rings. The predicted octanol–water partition coefficient (Wildman–Crippen LogP) is 4.28. The standard InChI is InChI=1S/C13H7BrO2S/c14-11-3-1-2-8-6-10(9-4-5-17-7-9)13(15)16-12(8)11/h1-7H. The molecule has 0 N–H and O–H groups in total. The molecule has 0 saturated heterocycles. The van der Waals surface area contributed by atoms with E-state index < -0.39 is 0 Å². The maximum atomic E-state index is 11.9. The van der Waals surface area contributed by atoms with Gasteiger partial charge in [-0.15, -0.1) is 0 Å². The second kappa shape index (κ2) is 4.13. The van der Waals surface area contributed by atoms with Crippen LogP contribution >= 0.6 is 27.3 Å². The zero-order valence-corrected chi connectivity index (χ0v) is 11.0. The van der Waals surface area contributed by atoms with Gasteiger partial charge in [-0.2, -0.15) is 11.3 Å². The zero-order valence-electron chi connectivity index (χ0n) is 8.64. The zero-order chi connectivity index (χ0) is 11.8. The number of fused-ring (bicyclic) bond motifs is 1. The molecular weight excluding hydrogens is 300 g/mol. The lowest BCUT2D eigenvalue weighted by Gasteiger charge is -2.01. The van der Waals surface area contributed by atoms with Crippen LogP contribution in [0.3, 0.4) is 0 Å². The van der Waals surface area contributed by atoms with Gasteiger partial charge in [0.05, 0.1) is 10.0 Å². The molecule has 2 nitrogen and oxygen atoms in total. The molecule has 0 bridgehead atoms. The van der Waals surface area contributed by atoms with E-state index in [0.29, 0.717) is 11.1 Å². The van der Waals surface area contributed by atoms with E-state index in [1.165, 1.54) is 0 Å². The highest BCUT2D eigenvalue weighted by Gasteiger charge is 2.09. The van der Waals surface area contributed by atoms with Crippen LogP contribution in [0.1, 0.15) is 0 Å². The molecular formula is C13H7BrO2S. The lowest BCUT2D eigenvalue weighted by molar-refractivity contribution is 0.562. The summed E-state index contributed by atoms with van der Waals surface area (Å²) < 4.78 is 6.14. The van der Waals surface area contributed by atoms with Crippen molar-refractivity contribution in [2.75, 3.05) is 0 Å². The first-order chi connectivity index (χ1) is 8.25. The van der Waals surface area contributed by atoms with Gasteiger partial charge >= 0.3 is 5.63 Å². The van der Waals surface area contributed by atoms with Gasteiger partial charge in [0.15, 0.2) is 5.58 Å². The molecule has 1 aromatic carbocycles. The van der Waals surface area contributed by atoms with Crippen molar-refractivity contribution in [1.29, 1.82) is 0 Å². The highest BCUT2D eigenvalue weighted by molar-refractivity contribution is 9.10. The lowest BCUT2D eigenvalue weighted by Crippen LogP contribution is -2.01. The highest BCUT2D eigenvalue weighted by Crippen LogP contribution is 2.26. The van der Waals surface area contributed by atoms with Gasteiger partial charge in [0.1, 0.15) is 0 Å². The molecule has 3 rings (SSSR count). The lowest BCUT2D eigenvalue weighted by atomic mass is 10.1. The first-order valence-corrected chi connectivity index (χ1v) is 6.74. The van der Waals surface area contributed by atoms with Crippen molar-refractivity contribution in [3.05, 3.63) is 56.0 Å². The quantitative estimate of drug-likeness (QED) is 0.628. The fourth-order valence-corrected chi connectivity index (χ4v) is 2.85. The molecule has 0 radical (unpaired) electrons. The molecule has 84 valence electrons. The Kier molecular flexibility index (Phi) is 2.61. The molecule has 4 heteroatoms. The average molecular weight is 307 g/mol. The van der Waals surface area contributed by atoms with Crippen molar-refractivity contribution in [2.24, 2.45) is 0 Å². The minimum Gasteiger partial charge on any atom is -0.421 e. The molecule has 0 fully saturated rings.